The summed E-state index contributed by atoms with van der Waals surface area (Å²) in [6.07, 6.45) is 0. The van der Waals surface area contributed by atoms with E-state index in [-0.39, 0.29) is 6.04 Å². The average molecular weight is 314 g/mol. The molecule has 3 rings (SSSR count). The van der Waals surface area contributed by atoms with Crippen molar-refractivity contribution in [3.05, 3.63) is 93.1 Å². The zero-order valence-electron chi connectivity index (χ0n) is 11.5. The third-order valence-corrected chi connectivity index (χ3v) is 4.61. The van der Waals surface area contributed by atoms with Gasteiger partial charge >= 0.3 is 0 Å². The number of hydrogen-bond acceptors (Lipinski definition) is 2. The van der Waals surface area contributed by atoms with Crippen LogP contribution in [0.15, 0.2) is 72.8 Å². The van der Waals surface area contributed by atoms with E-state index in [4.69, 9.17) is 11.6 Å². The maximum Gasteiger partial charge on any atom is 0.0931 e. The maximum absolute atomic E-state index is 6.00. The minimum atomic E-state index is 0.188. The van der Waals surface area contributed by atoms with E-state index >= 15 is 0 Å². The highest BCUT2D eigenvalue weighted by molar-refractivity contribution is 7.16. The first-order chi connectivity index (χ1) is 10.3. The van der Waals surface area contributed by atoms with Crippen LogP contribution in [0, 0.1) is 0 Å². The van der Waals surface area contributed by atoms with Gasteiger partial charge in [-0.3, -0.25) is 0 Å². The Morgan fingerprint density at radius 3 is 1.86 bits per heavy atom. The largest absolute Gasteiger partial charge is 0.301 e. The van der Waals surface area contributed by atoms with Gasteiger partial charge in [0, 0.05) is 11.4 Å². The molecule has 106 valence electrons. The molecule has 1 nitrogen and oxygen atoms in total. The molecule has 0 aliphatic carbocycles. The van der Waals surface area contributed by atoms with E-state index in [2.05, 4.69) is 59.9 Å². The van der Waals surface area contributed by atoms with Crippen LogP contribution in [0.5, 0.6) is 0 Å². The van der Waals surface area contributed by atoms with Gasteiger partial charge in [0.15, 0.2) is 0 Å². The van der Waals surface area contributed by atoms with Crippen LogP contribution in [-0.4, -0.2) is 0 Å². The number of rotatable bonds is 5. The summed E-state index contributed by atoms with van der Waals surface area (Å²) in [5.41, 5.74) is 2.54. The van der Waals surface area contributed by atoms with Crippen molar-refractivity contribution in [3.63, 3.8) is 0 Å². The third-order valence-electron chi connectivity index (χ3n) is 3.38. The number of benzene rings is 2. The molecule has 0 bridgehead atoms. The summed E-state index contributed by atoms with van der Waals surface area (Å²) < 4.78 is 0.836. The van der Waals surface area contributed by atoms with Crippen LogP contribution in [0.4, 0.5) is 0 Å². The summed E-state index contributed by atoms with van der Waals surface area (Å²) in [5, 5.41) is 3.63. The van der Waals surface area contributed by atoms with Gasteiger partial charge in [0.2, 0.25) is 0 Å². The molecule has 1 aromatic heterocycles. The van der Waals surface area contributed by atoms with Crippen LogP contribution in [0.25, 0.3) is 0 Å². The Hall–Kier alpha value is -1.61. The predicted octanol–water partition coefficient (Wildman–Crippen LogP) is 5.28. The fourth-order valence-corrected chi connectivity index (χ4v) is 3.41. The predicted molar refractivity (Wildman–Crippen MR) is 90.9 cm³/mol. The Labute approximate surface area is 134 Å². The highest BCUT2D eigenvalue weighted by Gasteiger charge is 2.13. The van der Waals surface area contributed by atoms with E-state index in [1.54, 1.807) is 11.3 Å². The summed E-state index contributed by atoms with van der Waals surface area (Å²) in [7, 11) is 0. The molecule has 3 aromatic rings. The minimum absolute atomic E-state index is 0.188. The van der Waals surface area contributed by atoms with Crippen molar-refractivity contribution in [3.8, 4) is 0 Å². The smallest absolute Gasteiger partial charge is 0.0931 e. The lowest BCUT2D eigenvalue weighted by Gasteiger charge is -2.19. The molecule has 3 heteroatoms. The standard InChI is InChI=1S/C18H16ClNS/c19-17-12-11-16(21-17)13-20-18(14-7-3-1-4-8-14)15-9-5-2-6-10-15/h1-12,18,20H,13H2. The Bertz CT molecular complexity index is 639. The van der Waals surface area contributed by atoms with E-state index in [0.717, 1.165) is 10.9 Å². The van der Waals surface area contributed by atoms with Gasteiger partial charge in [-0.2, -0.15) is 0 Å². The third kappa shape index (κ3) is 3.73. The molecule has 0 saturated heterocycles. The molecule has 0 atom stereocenters. The van der Waals surface area contributed by atoms with Crippen LogP contribution in [-0.2, 0) is 6.54 Å². The molecule has 0 aliphatic rings. The molecule has 0 saturated carbocycles. The van der Waals surface area contributed by atoms with Gasteiger partial charge in [0.25, 0.3) is 0 Å². The van der Waals surface area contributed by atoms with Gasteiger partial charge in [0.1, 0.15) is 0 Å². The van der Waals surface area contributed by atoms with E-state index in [1.807, 2.05) is 18.2 Å². The van der Waals surface area contributed by atoms with Gasteiger partial charge in [0.05, 0.1) is 10.4 Å². The summed E-state index contributed by atoms with van der Waals surface area (Å²) >= 11 is 7.62. The SMILES string of the molecule is Clc1ccc(CNC(c2ccccc2)c2ccccc2)s1. The first-order valence-corrected chi connectivity index (χ1v) is 8.10. The van der Waals surface area contributed by atoms with Crippen LogP contribution < -0.4 is 5.32 Å². The summed E-state index contributed by atoms with van der Waals surface area (Å²) in [6.45, 7) is 0.811. The molecule has 0 amide bonds. The highest BCUT2D eigenvalue weighted by Crippen LogP contribution is 2.25. The van der Waals surface area contributed by atoms with Gasteiger partial charge in [-0.05, 0) is 23.3 Å². The van der Waals surface area contributed by atoms with Crippen molar-refractivity contribution in [1.82, 2.24) is 5.32 Å². The molecule has 0 unspecified atom stereocenters. The Morgan fingerprint density at radius 2 is 1.38 bits per heavy atom. The Morgan fingerprint density at radius 1 is 0.810 bits per heavy atom. The lowest BCUT2D eigenvalue weighted by molar-refractivity contribution is 0.610. The van der Waals surface area contributed by atoms with Crippen LogP contribution in [0.1, 0.15) is 22.0 Å². The van der Waals surface area contributed by atoms with E-state index in [1.165, 1.54) is 16.0 Å². The van der Waals surface area contributed by atoms with Gasteiger partial charge in [-0.25, -0.2) is 0 Å². The number of thiophene rings is 1. The molecular weight excluding hydrogens is 298 g/mol. The van der Waals surface area contributed by atoms with Gasteiger partial charge in [-0.15, -0.1) is 11.3 Å². The molecular formula is C18H16ClNS. The van der Waals surface area contributed by atoms with Crippen molar-refractivity contribution in [1.29, 1.82) is 0 Å². The molecule has 1 N–H and O–H groups in total. The minimum Gasteiger partial charge on any atom is -0.301 e. The normalized spacial score (nSPS) is 11.0. The van der Waals surface area contributed by atoms with Crippen LogP contribution >= 0.6 is 22.9 Å². The summed E-state index contributed by atoms with van der Waals surface area (Å²) in [4.78, 5) is 1.25. The van der Waals surface area contributed by atoms with Crippen LogP contribution in [0.3, 0.4) is 0 Å². The molecule has 1 heterocycles. The van der Waals surface area contributed by atoms with Gasteiger partial charge < -0.3 is 5.32 Å². The van der Waals surface area contributed by atoms with Crippen molar-refractivity contribution >= 4 is 22.9 Å². The highest BCUT2D eigenvalue weighted by atomic mass is 35.5. The monoisotopic (exact) mass is 313 g/mol. The van der Waals surface area contributed by atoms with E-state index in [0.29, 0.717) is 0 Å². The summed E-state index contributed by atoms with van der Waals surface area (Å²) in [6, 6.07) is 25.3. The topological polar surface area (TPSA) is 12.0 Å². The van der Waals surface area contributed by atoms with E-state index < -0.39 is 0 Å². The second kappa shape index (κ2) is 6.90. The second-order valence-corrected chi connectivity index (χ2v) is 6.64. The lowest BCUT2D eigenvalue weighted by atomic mass is 9.99. The first kappa shape index (κ1) is 14.3. The average Bonchev–Trinajstić information content (AvgIpc) is 2.95. The second-order valence-electron chi connectivity index (χ2n) is 4.84. The zero-order valence-corrected chi connectivity index (χ0v) is 13.1. The maximum atomic E-state index is 6.00. The molecule has 0 aliphatic heterocycles. The van der Waals surface area contributed by atoms with E-state index in [9.17, 15) is 0 Å². The van der Waals surface area contributed by atoms with Gasteiger partial charge in [-0.1, -0.05) is 72.3 Å². The number of nitrogens with one attached hydrogen (secondary N) is 1. The molecule has 2 aromatic carbocycles. The quantitative estimate of drug-likeness (QED) is 0.675. The van der Waals surface area contributed by atoms with Crippen molar-refractivity contribution in [2.75, 3.05) is 0 Å². The lowest BCUT2D eigenvalue weighted by Crippen LogP contribution is -2.21. The molecule has 21 heavy (non-hydrogen) atoms. The van der Waals surface area contributed by atoms with Crippen molar-refractivity contribution in [2.45, 2.75) is 12.6 Å². The zero-order chi connectivity index (χ0) is 14.5. The molecule has 0 spiro atoms. The Kier molecular flexibility index (Phi) is 4.71. The Balaban J connectivity index is 1.83. The first-order valence-electron chi connectivity index (χ1n) is 6.90. The fraction of sp³-hybridized carbons (Fsp3) is 0.111. The molecule has 0 radical (unpaired) electrons. The fourth-order valence-electron chi connectivity index (χ4n) is 2.37. The van der Waals surface area contributed by atoms with Crippen LogP contribution in [0.2, 0.25) is 4.34 Å². The van der Waals surface area contributed by atoms with Crippen molar-refractivity contribution in [2.24, 2.45) is 0 Å². The molecule has 0 fully saturated rings. The number of hydrogen-bond donors (Lipinski definition) is 1. The number of halogens is 1. The summed E-state index contributed by atoms with van der Waals surface area (Å²) in [5.74, 6) is 0. The van der Waals surface area contributed by atoms with Crippen molar-refractivity contribution < 1.29 is 0 Å².